The minimum Gasteiger partial charge on any atom is -0.367 e. The molecule has 1 unspecified atom stereocenters. The number of piperazine rings is 1. The Morgan fingerprint density at radius 2 is 2.07 bits per heavy atom. The minimum atomic E-state index is 0.409. The van der Waals surface area contributed by atoms with Crippen LogP contribution in [0.2, 0.25) is 0 Å². The molecule has 28 heavy (non-hydrogen) atoms. The van der Waals surface area contributed by atoms with Gasteiger partial charge in [-0.2, -0.15) is 0 Å². The summed E-state index contributed by atoms with van der Waals surface area (Å²) in [5.74, 6) is 1.67. The molecule has 1 atom stereocenters. The number of likely N-dealkylation sites (N-methyl/N-ethyl adjacent to an activating group) is 1. The number of nitrogens with zero attached hydrogens (tertiary/aromatic N) is 6. The van der Waals surface area contributed by atoms with Gasteiger partial charge in [-0.25, -0.2) is 15.0 Å². The van der Waals surface area contributed by atoms with Crippen LogP contribution in [0.5, 0.6) is 0 Å². The maximum atomic E-state index is 4.85. The fraction of sp³-hybridized carbons (Fsp3) is 0.400. The van der Waals surface area contributed by atoms with E-state index in [2.05, 4.69) is 37.5 Å². The number of anilines is 2. The molecule has 0 saturated carbocycles. The molecule has 0 bridgehead atoms. The molecule has 1 saturated heterocycles. The van der Waals surface area contributed by atoms with Crippen LogP contribution in [0.4, 0.5) is 11.6 Å². The molecule has 1 fully saturated rings. The van der Waals surface area contributed by atoms with Gasteiger partial charge in [-0.3, -0.25) is 9.88 Å². The third kappa shape index (κ3) is 3.88. The maximum Gasteiger partial charge on any atom is 0.154 e. The Balaban J connectivity index is 1.65. The van der Waals surface area contributed by atoms with Crippen molar-refractivity contribution in [3.63, 3.8) is 0 Å². The second-order valence-electron chi connectivity index (χ2n) is 7.30. The van der Waals surface area contributed by atoms with E-state index in [1.807, 2.05) is 43.4 Å². The van der Waals surface area contributed by atoms with Gasteiger partial charge in [0.15, 0.2) is 5.82 Å². The first-order valence-corrected chi connectivity index (χ1v) is 9.52. The zero-order valence-corrected chi connectivity index (χ0v) is 16.6. The number of pyridine rings is 2. The van der Waals surface area contributed by atoms with Crippen molar-refractivity contribution >= 4 is 22.7 Å². The molecule has 3 aromatic rings. The van der Waals surface area contributed by atoms with E-state index in [1.54, 1.807) is 12.4 Å². The topological polar surface area (TPSA) is 82.1 Å². The van der Waals surface area contributed by atoms with Crippen molar-refractivity contribution < 1.29 is 0 Å². The molecule has 3 aromatic heterocycles. The molecule has 0 radical (unpaired) electrons. The second kappa shape index (κ2) is 8.04. The first kappa shape index (κ1) is 18.5. The highest BCUT2D eigenvalue weighted by molar-refractivity contribution is 5.88. The minimum absolute atomic E-state index is 0.409. The highest BCUT2D eigenvalue weighted by atomic mass is 15.2. The van der Waals surface area contributed by atoms with Crippen LogP contribution in [-0.4, -0.2) is 78.2 Å². The highest BCUT2D eigenvalue weighted by Gasteiger charge is 2.19. The van der Waals surface area contributed by atoms with E-state index in [1.165, 1.54) is 0 Å². The Hall–Kier alpha value is -2.84. The number of hydrogen-bond donors (Lipinski definition) is 2. The van der Waals surface area contributed by atoms with Gasteiger partial charge in [-0.05, 0) is 25.2 Å². The van der Waals surface area contributed by atoms with E-state index in [4.69, 9.17) is 4.98 Å². The number of rotatable bonds is 5. The van der Waals surface area contributed by atoms with E-state index in [0.717, 1.165) is 60.1 Å². The van der Waals surface area contributed by atoms with E-state index in [9.17, 15) is 0 Å². The van der Waals surface area contributed by atoms with Gasteiger partial charge in [0.1, 0.15) is 11.3 Å². The smallest absolute Gasteiger partial charge is 0.154 e. The van der Waals surface area contributed by atoms with Gasteiger partial charge >= 0.3 is 0 Å². The lowest BCUT2D eigenvalue weighted by Crippen LogP contribution is -2.52. The summed E-state index contributed by atoms with van der Waals surface area (Å²) in [6.07, 6.45) is 5.27. The number of nitrogens with one attached hydrogen (secondary N) is 2. The van der Waals surface area contributed by atoms with Gasteiger partial charge in [-0.1, -0.05) is 0 Å². The first-order chi connectivity index (χ1) is 13.6. The summed E-state index contributed by atoms with van der Waals surface area (Å²) in [6.45, 7) is 3.83. The molecule has 0 amide bonds. The lowest BCUT2D eigenvalue weighted by atomic mass is 10.1. The monoisotopic (exact) mass is 378 g/mol. The number of fused-ring (bicyclic) bond motifs is 1. The lowest BCUT2D eigenvalue weighted by Gasteiger charge is -2.33. The van der Waals surface area contributed by atoms with Crippen LogP contribution in [0.25, 0.3) is 22.3 Å². The SMILES string of the molecule is CN(C)c1ccc(-c2cc3nccnc3c(NCC3CNCCN3C)n2)cn1. The average Bonchev–Trinajstić information content (AvgIpc) is 2.73. The Labute approximate surface area is 165 Å². The van der Waals surface area contributed by atoms with Gasteiger partial charge in [0.2, 0.25) is 0 Å². The number of hydrogen-bond acceptors (Lipinski definition) is 8. The lowest BCUT2D eigenvalue weighted by molar-refractivity contribution is 0.209. The molecule has 0 aliphatic carbocycles. The maximum absolute atomic E-state index is 4.85. The summed E-state index contributed by atoms with van der Waals surface area (Å²) in [4.78, 5) is 22.7. The van der Waals surface area contributed by atoms with Crippen LogP contribution in [0.1, 0.15) is 0 Å². The van der Waals surface area contributed by atoms with E-state index in [-0.39, 0.29) is 0 Å². The summed E-state index contributed by atoms with van der Waals surface area (Å²) in [5.41, 5.74) is 3.40. The van der Waals surface area contributed by atoms with Crippen molar-refractivity contribution in [2.45, 2.75) is 6.04 Å². The van der Waals surface area contributed by atoms with Gasteiger partial charge in [0, 0.05) is 70.5 Å². The first-order valence-electron chi connectivity index (χ1n) is 9.52. The zero-order chi connectivity index (χ0) is 19.5. The summed E-state index contributed by atoms with van der Waals surface area (Å²) in [5, 5.41) is 6.95. The number of aromatic nitrogens is 4. The Bertz CT molecular complexity index is 941. The van der Waals surface area contributed by atoms with Crippen molar-refractivity contribution in [3.8, 4) is 11.3 Å². The summed E-state index contributed by atoms with van der Waals surface area (Å²) in [7, 11) is 6.11. The van der Waals surface area contributed by atoms with Crippen LogP contribution in [-0.2, 0) is 0 Å². The van der Waals surface area contributed by atoms with Crippen LogP contribution in [0.3, 0.4) is 0 Å². The predicted molar refractivity (Wildman–Crippen MR) is 113 cm³/mol. The quantitative estimate of drug-likeness (QED) is 0.691. The third-order valence-electron chi connectivity index (χ3n) is 5.11. The van der Waals surface area contributed by atoms with Crippen molar-refractivity contribution in [2.75, 3.05) is 57.5 Å². The second-order valence-corrected chi connectivity index (χ2v) is 7.30. The molecule has 0 spiro atoms. The average molecular weight is 378 g/mol. The molecule has 8 nitrogen and oxygen atoms in total. The largest absolute Gasteiger partial charge is 0.367 e. The summed E-state index contributed by atoms with van der Waals surface area (Å²) >= 11 is 0. The van der Waals surface area contributed by atoms with E-state index >= 15 is 0 Å². The van der Waals surface area contributed by atoms with Gasteiger partial charge < -0.3 is 15.5 Å². The normalized spacial score (nSPS) is 17.6. The van der Waals surface area contributed by atoms with Crippen molar-refractivity contribution in [1.29, 1.82) is 0 Å². The summed E-state index contributed by atoms with van der Waals surface area (Å²) in [6, 6.07) is 6.41. The van der Waals surface area contributed by atoms with Crippen LogP contribution < -0.4 is 15.5 Å². The zero-order valence-electron chi connectivity index (χ0n) is 16.6. The van der Waals surface area contributed by atoms with Crippen molar-refractivity contribution in [3.05, 3.63) is 36.8 Å². The summed E-state index contributed by atoms with van der Waals surface area (Å²) < 4.78 is 0. The van der Waals surface area contributed by atoms with Crippen molar-refractivity contribution in [1.82, 2.24) is 30.2 Å². The molecule has 146 valence electrons. The molecule has 2 N–H and O–H groups in total. The Morgan fingerprint density at radius 1 is 1.21 bits per heavy atom. The van der Waals surface area contributed by atoms with Gasteiger partial charge in [0.05, 0.1) is 11.2 Å². The molecule has 1 aliphatic rings. The van der Waals surface area contributed by atoms with Gasteiger partial charge in [-0.15, -0.1) is 0 Å². The van der Waals surface area contributed by atoms with Crippen LogP contribution in [0.15, 0.2) is 36.8 Å². The fourth-order valence-corrected chi connectivity index (χ4v) is 3.35. The fourth-order valence-electron chi connectivity index (χ4n) is 3.35. The van der Waals surface area contributed by atoms with E-state index < -0.39 is 0 Å². The van der Waals surface area contributed by atoms with Crippen molar-refractivity contribution in [2.24, 2.45) is 0 Å². The molecule has 0 aromatic carbocycles. The predicted octanol–water partition coefficient (Wildman–Crippen LogP) is 1.47. The molecular formula is C20H26N8. The standard InChI is InChI=1S/C20H26N8/c1-27(2)18-5-4-14(11-24-18)16-10-17-19(23-7-6-22-17)20(26-16)25-13-15-12-21-8-9-28(15)3/h4-7,10-11,15,21H,8-9,12-13H2,1-3H3,(H,25,26). The van der Waals surface area contributed by atoms with Gasteiger partial charge in [0.25, 0.3) is 0 Å². The van der Waals surface area contributed by atoms with Crippen LogP contribution >= 0.6 is 0 Å². The highest BCUT2D eigenvalue weighted by Crippen LogP contribution is 2.26. The third-order valence-corrected chi connectivity index (χ3v) is 5.11. The van der Waals surface area contributed by atoms with Crippen LogP contribution in [0, 0.1) is 0 Å². The Morgan fingerprint density at radius 3 is 2.82 bits per heavy atom. The molecule has 1 aliphatic heterocycles. The Kier molecular flexibility index (Phi) is 5.31. The van der Waals surface area contributed by atoms with E-state index in [0.29, 0.717) is 6.04 Å². The molecular weight excluding hydrogens is 352 g/mol. The molecule has 4 heterocycles. The molecule has 8 heteroatoms. The molecule has 4 rings (SSSR count).